The van der Waals surface area contributed by atoms with E-state index in [0.717, 1.165) is 11.0 Å². The molecular formula is C11H13BrIN. The van der Waals surface area contributed by atoms with Gasteiger partial charge in [-0.1, -0.05) is 28.9 Å². The summed E-state index contributed by atoms with van der Waals surface area (Å²) in [7, 11) is 0. The van der Waals surface area contributed by atoms with Gasteiger partial charge in [-0.25, -0.2) is 0 Å². The molecule has 14 heavy (non-hydrogen) atoms. The SMILES string of the molecule is C=CC(NCC)c1cc(Br)ccc1I. The fourth-order valence-electron chi connectivity index (χ4n) is 1.29. The molecule has 1 rings (SSSR count). The van der Waals surface area contributed by atoms with Gasteiger partial charge in [-0.05, 0) is 52.9 Å². The van der Waals surface area contributed by atoms with Crippen molar-refractivity contribution < 1.29 is 0 Å². The van der Waals surface area contributed by atoms with E-state index in [9.17, 15) is 0 Å². The summed E-state index contributed by atoms with van der Waals surface area (Å²) in [6, 6.07) is 6.53. The summed E-state index contributed by atoms with van der Waals surface area (Å²) in [6.07, 6.45) is 1.94. The van der Waals surface area contributed by atoms with Gasteiger partial charge < -0.3 is 5.32 Å². The van der Waals surface area contributed by atoms with E-state index in [1.54, 1.807) is 0 Å². The first-order chi connectivity index (χ1) is 6.69. The zero-order chi connectivity index (χ0) is 10.6. The lowest BCUT2D eigenvalue weighted by molar-refractivity contribution is 0.646. The number of rotatable bonds is 4. The van der Waals surface area contributed by atoms with Crippen LogP contribution < -0.4 is 5.32 Å². The summed E-state index contributed by atoms with van der Waals surface area (Å²) in [5.74, 6) is 0. The van der Waals surface area contributed by atoms with Crippen molar-refractivity contribution in [1.29, 1.82) is 0 Å². The third kappa shape index (κ3) is 3.07. The summed E-state index contributed by atoms with van der Waals surface area (Å²) in [6.45, 7) is 6.89. The molecule has 1 aromatic rings. The third-order valence-electron chi connectivity index (χ3n) is 1.95. The van der Waals surface area contributed by atoms with Gasteiger partial charge in [-0.3, -0.25) is 0 Å². The minimum Gasteiger partial charge on any atom is -0.307 e. The Balaban J connectivity index is 3.01. The average molecular weight is 366 g/mol. The van der Waals surface area contributed by atoms with Crippen LogP contribution in [0.1, 0.15) is 18.5 Å². The molecule has 0 bridgehead atoms. The first-order valence-corrected chi connectivity index (χ1v) is 6.37. The zero-order valence-electron chi connectivity index (χ0n) is 8.06. The van der Waals surface area contributed by atoms with Crippen LogP contribution in [0.15, 0.2) is 35.3 Å². The minimum atomic E-state index is 0.240. The molecule has 0 radical (unpaired) electrons. The largest absolute Gasteiger partial charge is 0.307 e. The number of halogens is 2. The number of benzene rings is 1. The number of likely N-dealkylation sites (N-methyl/N-ethyl adjacent to an activating group) is 1. The zero-order valence-corrected chi connectivity index (χ0v) is 11.8. The Morgan fingerprint density at radius 2 is 2.36 bits per heavy atom. The molecule has 3 heteroatoms. The molecule has 1 aromatic carbocycles. The first-order valence-electron chi connectivity index (χ1n) is 4.50. The molecule has 1 nitrogen and oxygen atoms in total. The molecule has 1 atom stereocenters. The van der Waals surface area contributed by atoms with E-state index in [4.69, 9.17) is 0 Å². The highest BCUT2D eigenvalue weighted by atomic mass is 127. The van der Waals surface area contributed by atoms with Crippen molar-refractivity contribution in [2.75, 3.05) is 6.54 Å². The standard InChI is InChI=1S/C11H13BrIN/c1-3-11(14-4-2)9-7-8(12)5-6-10(9)13/h3,5-7,11,14H,1,4H2,2H3. The smallest absolute Gasteiger partial charge is 0.0514 e. The van der Waals surface area contributed by atoms with Crippen molar-refractivity contribution in [3.8, 4) is 0 Å². The fraction of sp³-hybridized carbons (Fsp3) is 0.273. The molecule has 0 saturated heterocycles. The van der Waals surface area contributed by atoms with Gasteiger partial charge in [-0.2, -0.15) is 0 Å². The second-order valence-corrected chi connectivity index (χ2v) is 5.01. The number of hydrogen-bond acceptors (Lipinski definition) is 1. The van der Waals surface area contributed by atoms with Crippen molar-refractivity contribution >= 4 is 38.5 Å². The highest BCUT2D eigenvalue weighted by Crippen LogP contribution is 2.24. The molecule has 1 N–H and O–H groups in total. The molecule has 0 aliphatic heterocycles. The van der Waals surface area contributed by atoms with Crippen LogP contribution >= 0.6 is 38.5 Å². The second-order valence-electron chi connectivity index (χ2n) is 2.94. The van der Waals surface area contributed by atoms with E-state index >= 15 is 0 Å². The van der Waals surface area contributed by atoms with Crippen LogP contribution in [0.25, 0.3) is 0 Å². The van der Waals surface area contributed by atoms with Gasteiger partial charge in [0.25, 0.3) is 0 Å². The maximum absolute atomic E-state index is 3.85. The van der Waals surface area contributed by atoms with Crippen LogP contribution in [0, 0.1) is 3.57 Å². The molecule has 0 spiro atoms. The lowest BCUT2D eigenvalue weighted by atomic mass is 10.1. The normalized spacial score (nSPS) is 12.5. The molecule has 0 aliphatic carbocycles. The number of hydrogen-bond donors (Lipinski definition) is 1. The van der Waals surface area contributed by atoms with Gasteiger partial charge in [0.1, 0.15) is 0 Å². The van der Waals surface area contributed by atoms with Gasteiger partial charge in [0.05, 0.1) is 6.04 Å². The maximum atomic E-state index is 3.85. The monoisotopic (exact) mass is 365 g/mol. The molecule has 0 aromatic heterocycles. The van der Waals surface area contributed by atoms with Crippen LogP contribution in [0.3, 0.4) is 0 Å². The Bertz CT molecular complexity index is 325. The van der Waals surface area contributed by atoms with E-state index < -0.39 is 0 Å². The van der Waals surface area contributed by atoms with Gasteiger partial charge in [0.15, 0.2) is 0 Å². The molecule has 0 saturated carbocycles. The van der Waals surface area contributed by atoms with Gasteiger partial charge >= 0.3 is 0 Å². The Morgan fingerprint density at radius 1 is 1.64 bits per heavy atom. The second kappa shape index (κ2) is 5.88. The third-order valence-corrected chi connectivity index (χ3v) is 3.43. The van der Waals surface area contributed by atoms with Crippen LogP contribution in [0.2, 0.25) is 0 Å². The minimum absolute atomic E-state index is 0.240. The fourth-order valence-corrected chi connectivity index (χ4v) is 2.34. The molecule has 1 unspecified atom stereocenters. The maximum Gasteiger partial charge on any atom is 0.0514 e. The van der Waals surface area contributed by atoms with Crippen molar-refractivity contribution in [3.05, 3.63) is 44.5 Å². The molecule has 0 amide bonds. The first kappa shape index (κ1) is 12.2. The van der Waals surface area contributed by atoms with E-state index in [0.29, 0.717) is 0 Å². The Labute approximate surface area is 107 Å². The van der Waals surface area contributed by atoms with Gasteiger partial charge in [-0.15, -0.1) is 6.58 Å². The quantitative estimate of drug-likeness (QED) is 0.630. The van der Waals surface area contributed by atoms with Crippen molar-refractivity contribution in [2.45, 2.75) is 13.0 Å². The van der Waals surface area contributed by atoms with E-state index in [1.165, 1.54) is 9.13 Å². The van der Waals surface area contributed by atoms with E-state index in [1.807, 2.05) is 6.08 Å². The van der Waals surface area contributed by atoms with Crippen molar-refractivity contribution in [3.63, 3.8) is 0 Å². The molecule has 0 aliphatic rings. The van der Waals surface area contributed by atoms with Crippen molar-refractivity contribution in [1.82, 2.24) is 5.32 Å². The van der Waals surface area contributed by atoms with Crippen molar-refractivity contribution in [2.24, 2.45) is 0 Å². The Morgan fingerprint density at radius 3 is 2.93 bits per heavy atom. The van der Waals surface area contributed by atoms with Crippen LogP contribution in [0.5, 0.6) is 0 Å². The molecule has 0 fully saturated rings. The summed E-state index contributed by atoms with van der Waals surface area (Å²) in [5, 5.41) is 3.37. The summed E-state index contributed by atoms with van der Waals surface area (Å²) < 4.78 is 2.37. The summed E-state index contributed by atoms with van der Waals surface area (Å²) in [5.41, 5.74) is 1.27. The molecular weight excluding hydrogens is 353 g/mol. The van der Waals surface area contributed by atoms with Gasteiger partial charge in [0.2, 0.25) is 0 Å². The highest BCUT2D eigenvalue weighted by Gasteiger charge is 2.09. The lowest BCUT2D eigenvalue weighted by Crippen LogP contribution is -2.19. The average Bonchev–Trinajstić information content (AvgIpc) is 2.18. The predicted octanol–water partition coefficient (Wildman–Crippen LogP) is 3.89. The van der Waals surface area contributed by atoms with Crippen LogP contribution in [0.4, 0.5) is 0 Å². The van der Waals surface area contributed by atoms with E-state index in [-0.39, 0.29) is 6.04 Å². The Hall–Kier alpha value is 0.130. The topological polar surface area (TPSA) is 12.0 Å². The lowest BCUT2D eigenvalue weighted by Gasteiger charge is -2.15. The van der Waals surface area contributed by atoms with Crippen LogP contribution in [-0.2, 0) is 0 Å². The molecule has 0 heterocycles. The van der Waals surface area contributed by atoms with Gasteiger partial charge in [0, 0.05) is 8.04 Å². The summed E-state index contributed by atoms with van der Waals surface area (Å²) >= 11 is 5.83. The Kier molecular flexibility index (Phi) is 5.12. The highest BCUT2D eigenvalue weighted by molar-refractivity contribution is 14.1. The molecule has 76 valence electrons. The number of nitrogens with one attached hydrogen (secondary N) is 1. The summed E-state index contributed by atoms with van der Waals surface area (Å²) in [4.78, 5) is 0. The van der Waals surface area contributed by atoms with Crippen LogP contribution in [-0.4, -0.2) is 6.54 Å². The predicted molar refractivity (Wildman–Crippen MR) is 73.5 cm³/mol. The van der Waals surface area contributed by atoms with E-state index in [2.05, 4.69) is 75.5 Å².